The molecule has 1 fully saturated rings. The lowest BCUT2D eigenvalue weighted by molar-refractivity contribution is 0.410. The van der Waals surface area contributed by atoms with Crippen LogP contribution >= 0.6 is 0 Å². The van der Waals surface area contributed by atoms with E-state index in [2.05, 4.69) is 10.0 Å². The van der Waals surface area contributed by atoms with Crippen molar-refractivity contribution in [3.8, 4) is 0 Å². The molecule has 1 aliphatic heterocycles. The van der Waals surface area contributed by atoms with Crippen molar-refractivity contribution in [1.82, 2.24) is 10.0 Å². The van der Waals surface area contributed by atoms with E-state index in [0.29, 0.717) is 18.0 Å². The topological polar surface area (TPSA) is 58.2 Å². The van der Waals surface area contributed by atoms with Crippen LogP contribution in [-0.4, -0.2) is 27.5 Å². The molecule has 0 atom stereocenters. The summed E-state index contributed by atoms with van der Waals surface area (Å²) in [6, 6.07) is 3.83. The normalized spacial score (nSPS) is 16.9. The van der Waals surface area contributed by atoms with Crippen molar-refractivity contribution in [2.75, 3.05) is 13.1 Å². The molecule has 2 rings (SSSR count). The summed E-state index contributed by atoms with van der Waals surface area (Å²) in [5.41, 5.74) is 2.70. The predicted octanol–water partition coefficient (Wildman–Crippen LogP) is 0.862. The molecular weight excluding hydrogens is 236 g/mol. The van der Waals surface area contributed by atoms with Gasteiger partial charge in [-0.2, -0.15) is 0 Å². The Kier molecular flexibility index (Phi) is 3.25. The molecule has 0 bridgehead atoms. The molecule has 0 unspecified atom stereocenters. The van der Waals surface area contributed by atoms with Gasteiger partial charge < -0.3 is 5.32 Å². The van der Waals surface area contributed by atoms with Gasteiger partial charge in [0, 0.05) is 19.1 Å². The molecule has 0 aromatic heterocycles. The van der Waals surface area contributed by atoms with Gasteiger partial charge >= 0.3 is 0 Å². The summed E-state index contributed by atoms with van der Waals surface area (Å²) in [6.07, 6.45) is 0. The zero-order chi connectivity index (χ0) is 12.6. The quantitative estimate of drug-likeness (QED) is 0.841. The van der Waals surface area contributed by atoms with E-state index in [1.807, 2.05) is 32.9 Å². The average molecular weight is 254 g/mol. The van der Waals surface area contributed by atoms with Gasteiger partial charge in [-0.1, -0.05) is 17.7 Å². The number of rotatable bonds is 3. The third-order valence-corrected chi connectivity index (χ3v) is 4.80. The molecule has 17 heavy (non-hydrogen) atoms. The molecule has 1 heterocycles. The summed E-state index contributed by atoms with van der Waals surface area (Å²) in [5.74, 6) is 0. The molecule has 5 heteroatoms. The van der Waals surface area contributed by atoms with Gasteiger partial charge in [-0.25, -0.2) is 13.1 Å². The first kappa shape index (κ1) is 12.5. The van der Waals surface area contributed by atoms with Gasteiger partial charge in [-0.15, -0.1) is 0 Å². The second-order valence-corrected chi connectivity index (χ2v) is 6.36. The zero-order valence-corrected chi connectivity index (χ0v) is 11.2. The van der Waals surface area contributed by atoms with Crippen molar-refractivity contribution in [3.05, 3.63) is 28.8 Å². The predicted molar refractivity (Wildman–Crippen MR) is 67.6 cm³/mol. The third kappa shape index (κ3) is 2.51. The van der Waals surface area contributed by atoms with Gasteiger partial charge in [0.1, 0.15) is 0 Å². The summed E-state index contributed by atoms with van der Waals surface area (Å²) in [6.45, 7) is 7.08. The van der Waals surface area contributed by atoms with E-state index < -0.39 is 10.0 Å². The fourth-order valence-electron chi connectivity index (χ4n) is 2.24. The molecule has 0 spiro atoms. The molecule has 0 radical (unpaired) electrons. The molecule has 4 nitrogen and oxygen atoms in total. The third-order valence-electron chi connectivity index (χ3n) is 2.98. The lowest BCUT2D eigenvalue weighted by atomic mass is 10.1. The monoisotopic (exact) mass is 254 g/mol. The lowest BCUT2D eigenvalue weighted by Crippen LogP contribution is -2.56. The Hall–Kier alpha value is -0.910. The molecule has 0 saturated carbocycles. The first-order valence-corrected chi connectivity index (χ1v) is 7.19. The van der Waals surface area contributed by atoms with Crippen LogP contribution in [0.15, 0.2) is 17.0 Å². The molecule has 1 aliphatic rings. The Morgan fingerprint density at radius 2 is 1.71 bits per heavy atom. The molecule has 94 valence electrons. The fraction of sp³-hybridized carbons (Fsp3) is 0.500. The van der Waals surface area contributed by atoms with E-state index in [1.54, 1.807) is 0 Å². The molecule has 1 aromatic carbocycles. The Morgan fingerprint density at radius 1 is 1.18 bits per heavy atom. The maximum absolute atomic E-state index is 12.2. The van der Waals surface area contributed by atoms with Crippen LogP contribution in [0.4, 0.5) is 0 Å². The van der Waals surface area contributed by atoms with Crippen LogP contribution in [0.2, 0.25) is 0 Å². The second kappa shape index (κ2) is 4.40. The number of nitrogens with one attached hydrogen (secondary N) is 2. The Labute approximate surface area is 102 Å². The minimum atomic E-state index is -3.39. The van der Waals surface area contributed by atoms with E-state index in [-0.39, 0.29) is 6.04 Å². The van der Waals surface area contributed by atoms with Crippen molar-refractivity contribution >= 4 is 10.0 Å². The first-order chi connectivity index (χ1) is 7.90. The van der Waals surface area contributed by atoms with E-state index in [4.69, 9.17) is 0 Å². The molecule has 1 aromatic rings. The summed E-state index contributed by atoms with van der Waals surface area (Å²) < 4.78 is 27.2. The summed E-state index contributed by atoms with van der Waals surface area (Å²) in [7, 11) is -3.39. The van der Waals surface area contributed by atoms with Crippen LogP contribution in [0, 0.1) is 20.8 Å². The van der Waals surface area contributed by atoms with E-state index >= 15 is 0 Å². The van der Waals surface area contributed by atoms with Crippen LogP contribution < -0.4 is 10.0 Å². The van der Waals surface area contributed by atoms with Gasteiger partial charge in [0.25, 0.3) is 0 Å². The number of sulfonamides is 1. The number of benzene rings is 1. The highest BCUT2D eigenvalue weighted by atomic mass is 32.2. The SMILES string of the molecule is Cc1cc(C)c(S(=O)(=O)NC2CNC2)c(C)c1. The van der Waals surface area contributed by atoms with Crippen molar-refractivity contribution in [2.45, 2.75) is 31.7 Å². The maximum Gasteiger partial charge on any atom is 0.241 e. The Bertz CT molecular complexity index is 510. The van der Waals surface area contributed by atoms with Crippen LogP contribution in [0.3, 0.4) is 0 Å². The summed E-state index contributed by atoms with van der Waals surface area (Å²) in [4.78, 5) is 0.426. The largest absolute Gasteiger partial charge is 0.313 e. The second-order valence-electron chi connectivity index (χ2n) is 4.70. The zero-order valence-electron chi connectivity index (χ0n) is 10.4. The smallest absolute Gasteiger partial charge is 0.241 e. The lowest BCUT2D eigenvalue weighted by Gasteiger charge is -2.28. The van der Waals surface area contributed by atoms with Crippen LogP contribution in [0.25, 0.3) is 0 Å². The van der Waals surface area contributed by atoms with Gasteiger partial charge in [-0.05, 0) is 31.9 Å². The van der Waals surface area contributed by atoms with Crippen molar-refractivity contribution < 1.29 is 8.42 Å². The first-order valence-electron chi connectivity index (χ1n) is 5.71. The molecule has 0 aliphatic carbocycles. The maximum atomic E-state index is 12.2. The van der Waals surface area contributed by atoms with Crippen LogP contribution in [0.1, 0.15) is 16.7 Å². The van der Waals surface area contributed by atoms with Gasteiger partial charge in [0.05, 0.1) is 4.90 Å². The Morgan fingerprint density at radius 3 is 2.12 bits per heavy atom. The highest BCUT2D eigenvalue weighted by Crippen LogP contribution is 2.22. The number of aryl methyl sites for hydroxylation is 3. The van der Waals surface area contributed by atoms with Gasteiger partial charge in [0.15, 0.2) is 0 Å². The fourth-order valence-corrected chi connectivity index (χ4v) is 3.93. The summed E-state index contributed by atoms with van der Waals surface area (Å²) >= 11 is 0. The van der Waals surface area contributed by atoms with Crippen LogP contribution in [-0.2, 0) is 10.0 Å². The molecule has 1 saturated heterocycles. The number of hydrogen-bond donors (Lipinski definition) is 2. The Balaban J connectivity index is 2.38. The standard InChI is InChI=1S/C12H18N2O2S/c1-8-4-9(2)12(10(3)5-8)17(15,16)14-11-6-13-7-11/h4-5,11,13-14H,6-7H2,1-3H3. The minimum absolute atomic E-state index is 0.0279. The highest BCUT2D eigenvalue weighted by Gasteiger charge is 2.26. The minimum Gasteiger partial charge on any atom is -0.313 e. The van der Waals surface area contributed by atoms with E-state index in [9.17, 15) is 8.42 Å². The van der Waals surface area contributed by atoms with E-state index in [0.717, 1.165) is 16.7 Å². The average Bonchev–Trinajstić information content (AvgIpc) is 2.09. The van der Waals surface area contributed by atoms with E-state index in [1.165, 1.54) is 0 Å². The highest BCUT2D eigenvalue weighted by molar-refractivity contribution is 7.89. The summed E-state index contributed by atoms with van der Waals surface area (Å²) in [5, 5.41) is 3.05. The van der Waals surface area contributed by atoms with Crippen LogP contribution in [0.5, 0.6) is 0 Å². The molecule has 0 amide bonds. The van der Waals surface area contributed by atoms with Gasteiger partial charge in [-0.3, -0.25) is 0 Å². The number of hydrogen-bond acceptors (Lipinski definition) is 3. The van der Waals surface area contributed by atoms with Crippen molar-refractivity contribution in [3.63, 3.8) is 0 Å². The van der Waals surface area contributed by atoms with Gasteiger partial charge in [0.2, 0.25) is 10.0 Å². The van der Waals surface area contributed by atoms with Crippen molar-refractivity contribution in [1.29, 1.82) is 0 Å². The van der Waals surface area contributed by atoms with Crippen molar-refractivity contribution in [2.24, 2.45) is 0 Å². The molecular formula is C12H18N2O2S. The molecule has 2 N–H and O–H groups in total.